The van der Waals surface area contributed by atoms with E-state index in [4.69, 9.17) is 11.6 Å². The minimum absolute atomic E-state index is 0.0447. The van der Waals surface area contributed by atoms with E-state index < -0.39 is 0 Å². The number of hydrogen-bond acceptors (Lipinski definition) is 2. The highest BCUT2D eigenvalue weighted by Gasteiger charge is 2.23. The van der Waals surface area contributed by atoms with Crippen molar-refractivity contribution >= 4 is 28.3 Å². The second-order valence-electron chi connectivity index (χ2n) is 4.76. The lowest BCUT2D eigenvalue weighted by atomic mass is 9.96. The maximum atomic E-state index is 12.5. The van der Waals surface area contributed by atoms with Gasteiger partial charge in [0.25, 0.3) is 0 Å². The molecule has 2 N–H and O–H groups in total. The van der Waals surface area contributed by atoms with E-state index in [1.165, 1.54) is 0 Å². The van der Waals surface area contributed by atoms with Crippen molar-refractivity contribution in [2.24, 2.45) is 0 Å². The van der Waals surface area contributed by atoms with Crippen molar-refractivity contribution in [3.8, 4) is 0 Å². The highest BCUT2D eigenvalue weighted by atomic mass is 35.5. The van der Waals surface area contributed by atoms with Gasteiger partial charge in [0.15, 0.2) is 5.78 Å². The molecule has 4 heteroatoms. The summed E-state index contributed by atoms with van der Waals surface area (Å²) in [5.41, 5.74) is 1.70. The molecule has 0 saturated carbocycles. The van der Waals surface area contributed by atoms with Gasteiger partial charge < -0.3 is 10.3 Å². The maximum absolute atomic E-state index is 12.5. The Morgan fingerprint density at radius 3 is 3.00 bits per heavy atom. The minimum atomic E-state index is -0.0447. The fourth-order valence-electron chi connectivity index (χ4n) is 2.56. The van der Waals surface area contributed by atoms with Crippen molar-refractivity contribution in [3.05, 3.63) is 35.0 Å². The van der Waals surface area contributed by atoms with Crippen LogP contribution >= 0.6 is 11.6 Å². The number of carbonyl (C=O) groups excluding carboxylic acids is 1. The quantitative estimate of drug-likeness (QED) is 0.817. The summed E-state index contributed by atoms with van der Waals surface area (Å²) >= 11 is 6.00. The van der Waals surface area contributed by atoms with E-state index in [-0.39, 0.29) is 11.8 Å². The Balaban J connectivity index is 1.98. The molecule has 0 aliphatic carbocycles. The van der Waals surface area contributed by atoms with Crippen molar-refractivity contribution in [2.45, 2.75) is 25.3 Å². The van der Waals surface area contributed by atoms with Gasteiger partial charge in [-0.15, -0.1) is 0 Å². The molecule has 0 spiro atoms. The molecule has 1 aromatic heterocycles. The molecule has 1 fully saturated rings. The second-order valence-corrected chi connectivity index (χ2v) is 5.20. The smallest absolute Gasteiger partial charge is 0.181 e. The fraction of sp³-hybridized carbons (Fsp3) is 0.357. The summed E-state index contributed by atoms with van der Waals surface area (Å²) < 4.78 is 0. The van der Waals surface area contributed by atoms with Crippen molar-refractivity contribution in [2.75, 3.05) is 6.54 Å². The number of rotatable bonds is 2. The van der Waals surface area contributed by atoms with Crippen LogP contribution in [0.1, 0.15) is 29.6 Å². The summed E-state index contributed by atoms with van der Waals surface area (Å²) in [4.78, 5) is 15.6. The first kappa shape index (κ1) is 11.8. The third-order valence-electron chi connectivity index (χ3n) is 3.54. The van der Waals surface area contributed by atoms with Crippen LogP contribution in [-0.2, 0) is 0 Å². The summed E-state index contributed by atoms with van der Waals surface area (Å²) in [7, 11) is 0. The normalized spacial score (nSPS) is 20.2. The molecular formula is C14H15ClN2O. The van der Waals surface area contributed by atoms with E-state index in [2.05, 4.69) is 10.3 Å². The maximum Gasteiger partial charge on any atom is 0.181 e. The lowest BCUT2D eigenvalue weighted by Crippen LogP contribution is -2.40. The average molecular weight is 263 g/mol. The number of ketones is 1. The number of hydrogen-bond donors (Lipinski definition) is 2. The lowest BCUT2D eigenvalue weighted by molar-refractivity contribution is 0.0929. The van der Waals surface area contributed by atoms with Crippen LogP contribution in [0.2, 0.25) is 5.02 Å². The summed E-state index contributed by atoms with van der Waals surface area (Å²) in [6.07, 6.45) is 4.99. The van der Waals surface area contributed by atoms with E-state index in [0.717, 1.165) is 42.3 Å². The number of halogens is 1. The van der Waals surface area contributed by atoms with Crippen LogP contribution < -0.4 is 5.32 Å². The van der Waals surface area contributed by atoms with Crippen molar-refractivity contribution < 1.29 is 4.79 Å². The Labute approximate surface area is 111 Å². The van der Waals surface area contributed by atoms with Gasteiger partial charge in [0.05, 0.1) is 6.04 Å². The van der Waals surface area contributed by atoms with Crippen LogP contribution in [0.25, 0.3) is 10.9 Å². The number of piperidine rings is 1. The summed E-state index contributed by atoms with van der Waals surface area (Å²) in [5, 5.41) is 4.87. The average Bonchev–Trinajstić information content (AvgIpc) is 2.82. The van der Waals surface area contributed by atoms with E-state index >= 15 is 0 Å². The van der Waals surface area contributed by atoms with Crippen LogP contribution in [0.5, 0.6) is 0 Å². The van der Waals surface area contributed by atoms with Gasteiger partial charge in [0, 0.05) is 27.7 Å². The first-order valence-corrected chi connectivity index (χ1v) is 6.68. The molecule has 0 amide bonds. The lowest BCUT2D eigenvalue weighted by Gasteiger charge is -2.21. The van der Waals surface area contributed by atoms with E-state index in [1.54, 1.807) is 6.20 Å². The van der Waals surface area contributed by atoms with E-state index in [0.29, 0.717) is 5.02 Å². The molecule has 1 saturated heterocycles. The standard InChI is InChI=1S/C14H15ClN2O/c15-9-4-5-12-10(7-9)11(8-17-12)14(18)13-3-1-2-6-16-13/h4-5,7-8,13,16-17H,1-3,6H2. The van der Waals surface area contributed by atoms with Gasteiger partial charge in [-0.2, -0.15) is 0 Å². The van der Waals surface area contributed by atoms with Gasteiger partial charge >= 0.3 is 0 Å². The number of aromatic nitrogens is 1. The number of Topliss-reactive ketones (excluding diaryl/α,β-unsaturated/α-hetero) is 1. The largest absolute Gasteiger partial charge is 0.360 e. The van der Waals surface area contributed by atoms with Crippen LogP contribution in [0.4, 0.5) is 0 Å². The molecule has 3 rings (SSSR count). The van der Waals surface area contributed by atoms with E-state index in [9.17, 15) is 4.79 Å². The SMILES string of the molecule is O=C(c1c[nH]c2ccc(Cl)cc12)C1CCCCN1. The van der Waals surface area contributed by atoms with Crippen molar-refractivity contribution in [1.29, 1.82) is 0 Å². The van der Waals surface area contributed by atoms with Gasteiger partial charge in [-0.25, -0.2) is 0 Å². The first-order chi connectivity index (χ1) is 8.75. The third-order valence-corrected chi connectivity index (χ3v) is 3.77. The molecule has 1 aliphatic heterocycles. The molecule has 1 unspecified atom stereocenters. The van der Waals surface area contributed by atoms with Gasteiger partial charge in [-0.3, -0.25) is 4.79 Å². The first-order valence-electron chi connectivity index (χ1n) is 6.30. The van der Waals surface area contributed by atoms with Gasteiger partial charge in [-0.05, 0) is 37.6 Å². The Bertz CT molecular complexity index is 584. The Hall–Kier alpha value is -1.32. The summed E-state index contributed by atoms with van der Waals surface area (Å²) in [6, 6.07) is 5.54. The number of H-pyrrole nitrogens is 1. The number of carbonyl (C=O) groups is 1. The Kier molecular flexibility index (Phi) is 3.10. The number of benzene rings is 1. The van der Waals surface area contributed by atoms with Crippen molar-refractivity contribution in [1.82, 2.24) is 10.3 Å². The van der Waals surface area contributed by atoms with Gasteiger partial charge in [0.1, 0.15) is 0 Å². The van der Waals surface area contributed by atoms with Crippen LogP contribution in [0.3, 0.4) is 0 Å². The highest BCUT2D eigenvalue weighted by Crippen LogP contribution is 2.24. The molecule has 94 valence electrons. The van der Waals surface area contributed by atoms with Crippen LogP contribution in [-0.4, -0.2) is 23.4 Å². The fourth-order valence-corrected chi connectivity index (χ4v) is 2.73. The summed E-state index contributed by atoms with van der Waals surface area (Å²) in [5.74, 6) is 0.170. The van der Waals surface area contributed by atoms with Gasteiger partial charge in [-0.1, -0.05) is 18.0 Å². The predicted octanol–water partition coefficient (Wildman–Crippen LogP) is 3.15. The zero-order chi connectivity index (χ0) is 12.5. The molecule has 0 bridgehead atoms. The van der Waals surface area contributed by atoms with Gasteiger partial charge in [0.2, 0.25) is 0 Å². The monoisotopic (exact) mass is 262 g/mol. The number of aromatic amines is 1. The molecule has 1 atom stereocenters. The van der Waals surface area contributed by atoms with E-state index in [1.807, 2.05) is 18.2 Å². The zero-order valence-corrected chi connectivity index (χ0v) is 10.8. The predicted molar refractivity (Wildman–Crippen MR) is 73.3 cm³/mol. The molecule has 18 heavy (non-hydrogen) atoms. The second kappa shape index (κ2) is 4.75. The Morgan fingerprint density at radius 2 is 2.22 bits per heavy atom. The molecule has 1 aromatic carbocycles. The van der Waals surface area contributed by atoms with Crippen LogP contribution in [0.15, 0.2) is 24.4 Å². The number of fused-ring (bicyclic) bond motifs is 1. The van der Waals surface area contributed by atoms with Crippen LogP contribution in [0, 0.1) is 0 Å². The zero-order valence-electron chi connectivity index (χ0n) is 10.0. The highest BCUT2D eigenvalue weighted by molar-refractivity contribution is 6.31. The van der Waals surface area contributed by atoms with Crippen molar-refractivity contribution in [3.63, 3.8) is 0 Å². The summed E-state index contributed by atoms with van der Waals surface area (Å²) in [6.45, 7) is 0.930. The third kappa shape index (κ3) is 2.04. The number of nitrogens with one attached hydrogen (secondary N) is 2. The molecule has 1 aliphatic rings. The topological polar surface area (TPSA) is 44.9 Å². The molecule has 3 nitrogen and oxygen atoms in total. The molecule has 2 heterocycles. The Morgan fingerprint density at radius 1 is 1.33 bits per heavy atom. The molecule has 2 aromatic rings. The molecular weight excluding hydrogens is 248 g/mol. The molecule has 0 radical (unpaired) electrons. The minimum Gasteiger partial charge on any atom is -0.360 e.